The van der Waals surface area contributed by atoms with E-state index in [0.717, 1.165) is 6.07 Å². The second kappa shape index (κ2) is 5.03. The van der Waals surface area contributed by atoms with E-state index >= 15 is 0 Å². The molecule has 2 rings (SSSR count). The van der Waals surface area contributed by atoms with Gasteiger partial charge in [-0.1, -0.05) is 6.07 Å². The van der Waals surface area contributed by atoms with Crippen LogP contribution >= 0.6 is 0 Å². The number of nitrogens with zero attached hydrogens (tertiary/aromatic N) is 1. The van der Waals surface area contributed by atoms with Crippen molar-refractivity contribution in [1.82, 2.24) is 5.32 Å². The number of aromatic carboxylic acids is 1. The standard InChI is InChI=1S/C12H13FN2O3/c13-8-3-1-4-9(11(8)12(17)18)15-6-2-5-14-10(16)7-15/h1,3-4H,2,5-7H2,(H,14,16)(H,17,18). The van der Waals surface area contributed by atoms with Crippen molar-refractivity contribution >= 4 is 17.6 Å². The van der Waals surface area contributed by atoms with Gasteiger partial charge >= 0.3 is 5.97 Å². The Balaban J connectivity index is 2.40. The highest BCUT2D eigenvalue weighted by Gasteiger charge is 2.22. The minimum absolute atomic E-state index is 0.0454. The number of nitrogens with one attached hydrogen (secondary N) is 1. The van der Waals surface area contributed by atoms with Gasteiger partial charge in [0.25, 0.3) is 0 Å². The van der Waals surface area contributed by atoms with Crippen molar-refractivity contribution in [1.29, 1.82) is 0 Å². The number of carboxylic acids is 1. The first-order valence-corrected chi connectivity index (χ1v) is 5.63. The van der Waals surface area contributed by atoms with E-state index in [0.29, 0.717) is 19.5 Å². The largest absolute Gasteiger partial charge is 0.478 e. The summed E-state index contributed by atoms with van der Waals surface area (Å²) in [7, 11) is 0. The second-order valence-electron chi connectivity index (χ2n) is 4.06. The lowest BCUT2D eigenvalue weighted by Crippen LogP contribution is -2.34. The van der Waals surface area contributed by atoms with Crippen LogP contribution in [-0.2, 0) is 4.79 Å². The monoisotopic (exact) mass is 252 g/mol. The molecule has 1 fully saturated rings. The van der Waals surface area contributed by atoms with Gasteiger partial charge in [0.05, 0.1) is 12.2 Å². The van der Waals surface area contributed by atoms with Crippen LogP contribution in [0.3, 0.4) is 0 Å². The summed E-state index contributed by atoms with van der Waals surface area (Å²) in [5, 5.41) is 11.7. The summed E-state index contributed by atoms with van der Waals surface area (Å²) in [6.07, 6.45) is 0.696. The van der Waals surface area contributed by atoms with Crippen molar-refractivity contribution in [2.24, 2.45) is 0 Å². The van der Waals surface area contributed by atoms with Gasteiger partial charge in [0, 0.05) is 13.1 Å². The number of carbonyl (C=O) groups excluding carboxylic acids is 1. The van der Waals surface area contributed by atoms with Crippen molar-refractivity contribution in [3.05, 3.63) is 29.6 Å². The third kappa shape index (κ3) is 2.42. The Morgan fingerprint density at radius 1 is 1.44 bits per heavy atom. The van der Waals surface area contributed by atoms with Crippen LogP contribution in [0.1, 0.15) is 16.8 Å². The second-order valence-corrected chi connectivity index (χ2v) is 4.06. The van der Waals surface area contributed by atoms with E-state index in [1.165, 1.54) is 12.1 Å². The molecule has 0 unspecified atom stereocenters. The molecule has 1 saturated heterocycles. The topological polar surface area (TPSA) is 69.6 Å². The number of benzene rings is 1. The number of halogens is 1. The molecule has 0 spiro atoms. The van der Waals surface area contributed by atoms with Crippen LogP contribution < -0.4 is 10.2 Å². The van der Waals surface area contributed by atoms with E-state index in [4.69, 9.17) is 5.11 Å². The predicted molar refractivity (Wildman–Crippen MR) is 63.2 cm³/mol. The molecular weight excluding hydrogens is 239 g/mol. The van der Waals surface area contributed by atoms with Gasteiger partial charge in [0.2, 0.25) is 5.91 Å². The fourth-order valence-corrected chi connectivity index (χ4v) is 2.00. The summed E-state index contributed by atoms with van der Waals surface area (Å²) in [5.41, 5.74) is -0.133. The lowest BCUT2D eigenvalue weighted by atomic mass is 10.1. The van der Waals surface area contributed by atoms with Gasteiger partial charge in [-0.3, -0.25) is 4.79 Å². The molecule has 0 saturated carbocycles. The first-order chi connectivity index (χ1) is 8.59. The Morgan fingerprint density at radius 2 is 2.22 bits per heavy atom. The Morgan fingerprint density at radius 3 is 2.94 bits per heavy atom. The fraction of sp³-hybridized carbons (Fsp3) is 0.333. The number of carbonyl (C=O) groups is 2. The van der Waals surface area contributed by atoms with Gasteiger partial charge in [-0.2, -0.15) is 0 Å². The molecule has 0 bridgehead atoms. The smallest absolute Gasteiger partial charge is 0.340 e. The molecule has 1 amide bonds. The zero-order valence-electron chi connectivity index (χ0n) is 9.65. The van der Waals surface area contributed by atoms with E-state index in [2.05, 4.69) is 5.32 Å². The molecule has 1 aliphatic heterocycles. The Hall–Kier alpha value is -2.11. The molecule has 18 heavy (non-hydrogen) atoms. The van der Waals surface area contributed by atoms with E-state index < -0.39 is 11.8 Å². The average molecular weight is 252 g/mol. The number of anilines is 1. The highest BCUT2D eigenvalue weighted by atomic mass is 19.1. The van der Waals surface area contributed by atoms with Crippen molar-refractivity contribution in [2.75, 3.05) is 24.5 Å². The zero-order chi connectivity index (χ0) is 13.1. The minimum atomic E-state index is -1.33. The number of rotatable bonds is 2. The maximum Gasteiger partial charge on any atom is 0.340 e. The van der Waals surface area contributed by atoms with Crippen LogP contribution in [0.25, 0.3) is 0 Å². The van der Waals surface area contributed by atoms with Gasteiger partial charge < -0.3 is 15.3 Å². The number of hydrogen-bond acceptors (Lipinski definition) is 3. The van der Waals surface area contributed by atoms with Crippen LogP contribution in [-0.4, -0.2) is 36.6 Å². The summed E-state index contributed by atoms with van der Waals surface area (Å²) in [4.78, 5) is 24.1. The molecule has 0 atom stereocenters. The molecule has 1 aromatic rings. The third-order valence-electron chi connectivity index (χ3n) is 2.81. The SMILES string of the molecule is O=C1CN(c2cccc(F)c2C(=O)O)CCCN1. The maximum atomic E-state index is 13.5. The van der Waals surface area contributed by atoms with Crippen LogP contribution in [0.15, 0.2) is 18.2 Å². The van der Waals surface area contributed by atoms with Crippen molar-refractivity contribution in [3.63, 3.8) is 0 Å². The highest BCUT2D eigenvalue weighted by Crippen LogP contribution is 2.24. The molecule has 96 valence electrons. The molecule has 1 aromatic carbocycles. The molecule has 1 aliphatic rings. The lowest BCUT2D eigenvalue weighted by molar-refractivity contribution is -0.119. The molecule has 0 radical (unpaired) electrons. The first kappa shape index (κ1) is 12.3. The third-order valence-corrected chi connectivity index (χ3v) is 2.81. The fourth-order valence-electron chi connectivity index (χ4n) is 2.00. The van der Waals surface area contributed by atoms with E-state index in [1.807, 2.05) is 0 Å². The summed E-state index contributed by atoms with van der Waals surface area (Å²) in [6.45, 7) is 1.11. The van der Waals surface area contributed by atoms with E-state index in [-0.39, 0.29) is 23.7 Å². The molecule has 0 aromatic heterocycles. The summed E-state index contributed by atoms with van der Waals surface area (Å²) in [6, 6.07) is 4.07. The molecule has 6 heteroatoms. The number of carboxylic acid groups (broad SMARTS) is 1. The van der Waals surface area contributed by atoms with Gasteiger partial charge in [-0.25, -0.2) is 9.18 Å². The van der Waals surface area contributed by atoms with E-state index in [1.54, 1.807) is 4.90 Å². The highest BCUT2D eigenvalue weighted by molar-refractivity contribution is 5.95. The maximum absolute atomic E-state index is 13.5. The zero-order valence-corrected chi connectivity index (χ0v) is 9.65. The lowest BCUT2D eigenvalue weighted by Gasteiger charge is -2.23. The van der Waals surface area contributed by atoms with Crippen molar-refractivity contribution < 1.29 is 19.1 Å². The van der Waals surface area contributed by atoms with Crippen molar-refractivity contribution in [3.8, 4) is 0 Å². The van der Waals surface area contributed by atoms with Crippen LogP contribution in [0.4, 0.5) is 10.1 Å². The molecule has 0 aliphatic carbocycles. The van der Waals surface area contributed by atoms with Crippen molar-refractivity contribution in [2.45, 2.75) is 6.42 Å². The molecule has 5 nitrogen and oxygen atoms in total. The predicted octanol–water partition coefficient (Wildman–Crippen LogP) is 0.850. The molecule has 1 heterocycles. The Labute approximate surface area is 103 Å². The molecule has 2 N–H and O–H groups in total. The van der Waals surface area contributed by atoms with Gasteiger partial charge in [-0.05, 0) is 18.6 Å². The van der Waals surface area contributed by atoms with E-state index in [9.17, 15) is 14.0 Å². The van der Waals surface area contributed by atoms with Gasteiger partial charge in [-0.15, -0.1) is 0 Å². The summed E-state index contributed by atoms with van der Waals surface area (Å²) < 4.78 is 13.5. The molecular formula is C12H13FN2O3. The average Bonchev–Trinajstić information content (AvgIpc) is 2.53. The van der Waals surface area contributed by atoms with Crippen LogP contribution in [0.5, 0.6) is 0 Å². The first-order valence-electron chi connectivity index (χ1n) is 5.63. The normalized spacial score (nSPS) is 16.1. The van der Waals surface area contributed by atoms with Crippen LogP contribution in [0.2, 0.25) is 0 Å². The van der Waals surface area contributed by atoms with Gasteiger partial charge in [0.1, 0.15) is 11.4 Å². The summed E-state index contributed by atoms with van der Waals surface area (Å²) >= 11 is 0. The summed E-state index contributed by atoms with van der Waals surface area (Å²) in [5.74, 6) is -2.30. The quantitative estimate of drug-likeness (QED) is 0.818. The van der Waals surface area contributed by atoms with Gasteiger partial charge in [0.15, 0.2) is 0 Å². The van der Waals surface area contributed by atoms with Crippen LogP contribution in [0, 0.1) is 5.82 Å². The number of amides is 1. The minimum Gasteiger partial charge on any atom is -0.478 e. The Kier molecular flexibility index (Phi) is 3.45. The number of hydrogen-bond donors (Lipinski definition) is 2. The Bertz CT molecular complexity index is 490.